The van der Waals surface area contributed by atoms with Crippen molar-refractivity contribution in [2.24, 2.45) is 0 Å². The summed E-state index contributed by atoms with van der Waals surface area (Å²) in [6, 6.07) is 4.85. The van der Waals surface area contributed by atoms with Gasteiger partial charge in [-0.25, -0.2) is 8.78 Å². The Morgan fingerprint density at radius 1 is 1.23 bits per heavy atom. The van der Waals surface area contributed by atoms with Gasteiger partial charge in [-0.15, -0.1) is 0 Å². The lowest BCUT2D eigenvalue weighted by atomic mass is 10.0. The Morgan fingerprint density at radius 3 is 2.35 bits per heavy atom. The SMILES string of the molecule is O=C(N[C@H](CO)[C@@H](O)c1ccc([N+](=O)[O-])cc1)c1cc(F)c(F)cc1Cl. The Hall–Kier alpha value is -2.62. The first kappa shape index (κ1) is 19.7. The number of amides is 1. The van der Waals surface area contributed by atoms with Gasteiger partial charge in [0.1, 0.15) is 6.10 Å². The van der Waals surface area contributed by atoms with Gasteiger partial charge in [0.2, 0.25) is 0 Å². The molecule has 2 aromatic rings. The molecule has 7 nitrogen and oxygen atoms in total. The first-order valence-corrected chi connectivity index (χ1v) is 7.61. The van der Waals surface area contributed by atoms with Gasteiger partial charge in [-0.05, 0) is 29.8 Å². The van der Waals surface area contributed by atoms with Crippen molar-refractivity contribution >= 4 is 23.2 Å². The van der Waals surface area contributed by atoms with Crippen LogP contribution in [0.4, 0.5) is 14.5 Å². The highest BCUT2D eigenvalue weighted by Gasteiger charge is 2.25. The van der Waals surface area contributed by atoms with Gasteiger partial charge in [-0.2, -0.15) is 0 Å². The summed E-state index contributed by atoms with van der Waals surface area (Å²) >= 11 is 5.71. The number of halogens is 3. The number of carbonyl (C=O) groups excluding carboxylic acids is 1. The van der Waals surface area contributed by atoms with Crippen LogP contribution in [-0.2, 0) is 0 Å². The number of nitrogens with one attached hydrogen (secondary N) is 1. The molecule has 0 aliphatic heterocycles. The molecule has 1 amide bonds. The number of nitro groups is 1. The molecular weight excluding hydrogens is 374 g/mol. The number of aliphatic hydroxyl groups is 2. The summed E-state index contributed by atoms with van der Waals surface area (Å²) in [6.07, 6.45) is -1.41. The van der Waals surface area contributed by atoms with Crippen molar-refractivity contribution in [2.45, 2.75) is 12.1 Å². The maximum Gasteiger partial charge on any atom is 0.269 e. The van der Waals surface area contributed by atoms with Crippen molar-refractivity contribution in [3.63, 3.8) is 0 Å². The molecule has 0 unspecified atom stereocenters. The first-order chi connectivity index (χ1) is 12.2. The van der Waals surface area contributed by atoms with Crippen molar-refractivity contribution in [2.75, 3.05) is 6.61 Å². The second-order valence-corrected chi connectivity index (χ2v) is 5.71. The summed E-state index contributed by atoms with van der Waals surface area (Å²) in [5.41, 5.74) is -0.370. The maximum atomic E-state index is 13.3. The molecule has 10 heteroatoms. The third-order valence-electron chi connectivity index (χ3n) is 3.59. The smallest absolute Gasteiger partial charge is 0.269 e. The number of aliphatic hydroxyl groups excluding tert-OH is 2. The van der Waals surface area contributed by atoms with E-state index in [-0.39, 0.29) is 21.8 Å². The summed E-state index contributed by atoms with van der Waals surface area (Å²) in [5.74, 6) is -3.44. The number of carbonyl (C=O) groups is 1. The Morgan fingerprint density at radius 2 is 1.81 bits per heavy atom. The molecule has 0 saturated carbocycles. The van der Waals surface area contributed by atoms with Crippen LogP contribution in [0.3, 0.4) is 0 Å². The van der Waals surface area contributed by atoms with Crippen LogP contribution < -0.4 is 5.32 Å². The molecule has 0 radical (unpaired) electrons. The van der Waals surface area contributed by atoms with E-state index in [1.54, 1.807) is 0 Å². The van der Waals surface area contributed by atoms with Crippen LogP contribution in [-0.4, -0.2) is 33.7 Å². The predicted molar refractivity (Wildman–Crippen MR) is 87.8 cm³/mol. The monoisotopic (exact) mass is 386 g/mol. The first-order valence-electron chi connectivity index (χ1n) is 7.23. The number of benzene rings is 2. The third kappa shape index (κ3) is 4.31. The van der Waals surface area contributed by atoms with Crippen molar-refractivity contribution in [3.8, 4) is 0 Å². The molecule has 0 fully saturated rings. The molecule has 0 aliphatic carbocycles. The highest BCUT2D eigenvalue weighted by molar-refractivity contribution is 6.33. The van der Waals surface area contributed by atoms with E-state index in [1.807, 2.05) is 0 Å². The Bertz CT molecular complexity index is 832. The minimum Gasteiger partial charge on any atom is -0.394 e. The summed E-state index contributed by atoms with van der Waals surface area (Å²) in [7, 11) is 0. The van der Waals surface area contributed by atoms with E-state index in [9.17, 15) is 33.9 Å². The number of hydrogen-bond acceptors (Lipinski definition) is 5. The highest BCUT2D eigenvalue weighted by atomic mass is 35.5. The summed E-state index contributed by atoms with van der Waals surface area (Å²) in [5, 5.41) is 32.2. The molecular formula is C16H13ClF2N2O5. The van der Waals surface area contributed by atoms with Crippen molar-refractivity contribution in [1.29, 1.82) is 0 Å². The number of rotatable bonds is 6. The van der Waals surface area contributed by atoms with Crippen LogP contribution in [0.5, 0.6) is 0 Å². The average Bonchev–Trinajstić information content (AvgIpc) is 2.62. The van der Waals surface area contributed by atoms with E-state index < -0.39 is 41.2 Å². The van der Waals surface area contributed by atoms with Crippen LogP contribution in [0.1, 0.15) is 22.0 Å². The largest absolute Gasteiger partial charge is 0.394 e. The molecule has 3 N–H and O–H groups in total. The minimum atomic E-state index is -1.41. The molecule has 0 bridgehead atoms. The fraction of sp³-hybridized carbons (Fsp3) is 0.188. The van der Waals surface area contributed by atoms with E-state index in [4.69, 9.17) is 11.6 Å². The standard InChI is InChI=1S/C16H13ClF2N2O5/c17-11-6-13(19)12(18)5-10(11)16(24)20-14(7-22)15(23)8-1-3-9(4-2-8)21(25)26/h1-6,14-15,22-23H,7H2,(H,20,24)/t14-,15+/m1/s1. The van der Waals surface area contributed by atoms with Crippen LogP contribution in [0, 0.1) is 21.7 Å². The van der Waals surface area contributed by atoms with E-state index in [1.165, 1.54) is 12.1 Å². The van der Waals surface area contributed by atoms with Gasteiger partial charge >= 0.3 is 0 Å². The van der Waals surface area contributed by atoms with Gasteiger partial charge < -0.3 is 15.5 Å². The molecule has 2 aromatic carbocycles. The molecule has 0 aliphatic rings. The predicted octanol–water partition coefficient (Wildman–Crippen LogP) is 2.35. The molecule has 0 heterocycles. The van der Waals surface area contributed by atoms with E-state index in [2.05, 4.69) is 5.32 Å². The van der Waals surface area contributed by atoms with Gasteiger partial charge in [-0.1, -0.05) is 11.6 Å². The van der Waals surface area contributed by atoms with E-state index in [0.29, 0.717) is 12.1 Å². The third-order valence-corrected chi connectivity index (χ3v) is 3.91. The number of hydrogen-bond donors (Lipinski definition) is 3. The number of non-ortho nitro benzene ring substituents is 1. The summed E-state index contributed by atoms with van der Waals surface area (Å²) in [6.45, 7) is -0.689. The van der Waals surface area contributed by atoms with E-state index in [0.717, 1.165) is 12.1 Å². The molecule has 0 aromatic heterocycles. The number of nitro benzene ring substituents is 1. The van der Waals surface area contributed by atoms with Gasteiger partial charge in [0, 0.05) is 12.1 Å². The summed E-state index contributed by atoms with van der Waals surface area (Å²) < 4.78 is 26.4. The Labute approximate surface area is 151 Å². The lowest BCUT2D eigenvalue weighted by molar-refractivity contribution is -0.384. The highest BCUT2D eigenvalue weighted by Crippen LogP contribution is 2.23. The van der Waals surface area contributed by atoms with Crippen molar-refractivity contribution in [3.05, 3.63) is 74.3 Å². The van der Waals surface area contributed by atoms with Crippen LogP contribution in [0.2, 0.25) is 5.02 Å². The lowest BCUT2D eigenvalue weighted by Crippen LogP contribution is -2.42. The molecule has 2 rings (SSSR count). The fourth-order valence-electron chi connectivity index (χ4n) is 2.19. The van der Waals surface area contributed by atoms with Gasteiger partial charge in [0.25, 0.3) is 11.6 Å². The van der Waals surface area contributed by atoms with Crippen LogP contribution in [0.15, 0.2) is 36.4 Å². The second kappa shape index (κ2) is 8.17. The average molecular weight is 387 g/mol. The normalized spacial score (nSPS) is 13.1. The van der Waals surface area contributed by atoms with Gasteiger partial charge in [0.05, 0.1) is 28.2 Å². The number of nitrogens with zero attached hydrogens (tertiary/aromatic N) is 1. The minimum absolute atomic E-state index is 0.195. The van der Waals surface area contributed by atoms with Crippen LogP contribution >= 0.6 is 11.6 Å². The topological polar surface area (TPSA) is 113 Å². The molecule has 26 heavy (non-hydrogen) atoms. The van der Waals surface area contributed by atoms with Crippen molar-refractivity contribution < 1.29 is 28.7 Å². The van der Waals surface area contributed by atoms with Gasteiger partial charge in [0.15, 0.2) is 11.6 Å². The molecule has 2 atom stereocenters. The zero-order valence-electron chi connectivity index (χ0n) is 13.0. The fourth-order valence-corrected chi connectivity index (χ4v) is 2.43. The Kier molecular flexibility index (Phi) is 6.19. The van der Waals surface area contributed by atoms with Crippen molar-refractivity contribution in [1.82, 2.24) is 5.32 Å². The van der Waals surface area contributed by atoms with E-state index >= 15 is 0 Å². The second-order valence-electron chi connectivity index (χ2n) is 5.30. The van der Waals surface area contributed by atoms with Gasteiger partial charge in [-0.3, -0.25) is 14.9 Å². The zero-order valence-corrected chi connectivity index (χ0v) is 13.8. The zero-order chi connectivity index (χ0) is 19.4. The lowest BCUT2D eigenvalue weighted by Gasteiger charge is -2.23. The quantitative estimate of drug-likeness (QED) is 0.401. The molecule has 138 valence electrons. The summed E-state index contributed by atoms with van der Waals surface area (Å²) in [4.78, 5) is 22.2. The molecule has 0 saturated heterocycles. The Balaban J connectivity index is 2.19. The molecule has 0 spiro atoms. The van der Waals surface area contributed by atoms with Crippen LogP contribution in [0.25, 0.3) is 0 Å². The maximum absolute atomic E-state index is 13.3.